The van der Waals surface area contributed by atoms with Crippen LogP contribution in [0.5, 0.6) is 0 Å². The summed E-state index contributed by atoms with van der Waals surface area (Å²) in [6, 6.07) is 123. The monoisotopic (exact) mass is 1120 g/mol. The van der Waals surface area contributed by atoms with Crippen molar-refractivity contribution in [2.45, 2.75) is 24.7 Å². The van der Waals surface area contributed by atoms with E-state index in [-0.39, 0.29) is 0 Å². The predicted octanol–water partition coefficient (Wildman–Crippen LogP) is 22.5. The maximum Gasteiger partial charge on any atom is 0.0714 e. The topological polar surface area (TPSA) is 6.48 Å². The van der Waals surface area contributed by atoms with Gasteiger partial charge in [-0.1, -0.05) is 267 Å². The molecule has 0 aromatic heterocycles. The Morgan fingerprint density at radius 1 is 0.239 bits per heavy atom. The van der Waals surface area contributed by atoms with Crippen molar-refractivity contribution in [3.05, 3.63) is 383 Å². The Bertz CT molecular complexity index is 5100. The van der Waals surface area contributed by atoms with Crippen LogP contribution in [0.4, 0.5) is 34.1 Å². The number of rotatable bonds is 11. The molecule has 0 heterocycles. The van der Waals surface area contributed by atoms with Gasteiger partial charge in [0.2, 0.25) is 0 Å². The van der Waals surface area contributed by atoms with E-state index in [1.807, 2.05) is 0 Å². The molecule has 15 aromatic rings. The largest absolute Gasteiger partial charge is 0.310 e. The normalized spacial score (nSPS) is 13.3. The van der Waals surface area contributed by atoms with Crippen molar-refractivity contribution >= 4 is 66.4 Å². The fraction of sp³-hybridized carbons (Fsp3) is 0.0465. The molecule has 17 rings (SSSR count). The summed E-state index contributed by atoms with van der Waals surface area (Å²) >= 11 is 0. The number of nitrogens with zero attached hydrogens (tertiary/aromatic N) is 2. The second-order valence-corrected chi connectivity index (χ2v) is 24.0. The maximum absolute atomic E-state index is 2.50. The average molecular weight is 1120 g/mol. The number of anilines is 6. The van der Waals surface area contributed by atoms with Gasteiger partial charge in [-0.3, -0.25) is 0 Å². The Balaban J connectivity index is 0.815. The van der Waals surface area contributed by atoms with Crippen LogP contribution in [0.2, 0.25) is 0 Å². The fourth-order valence-corrected chi connectivity index (χ4v) is 15.6. The van der Waals surface area contributed by atoms with E-state index in [0.29, 0.717) is 0 Å². The number of hydrogen-bond acceptors (Lipinski definition) is 2. The Morgan fingerprint density at radius 3 is 1.05 bits per heavy atom. The zero-order chi connectivity index (χ0) is 58.5. The first-order chi connectivity index (χ1) is 43.5. The van der Waals surface area contributed by atoms with Gasteiger partial charge in [0, 0.05) is 33.5 Å². The first kappa shape index (κ1) is 51.4. The van der Waals surface area contributed by atoms with Crippen molar-refractivity contribution < 1.29 is 0 Å². The molecule has 0 radical (unpaired) electrons. The lowest BCUT2D eigenvalue weighted by molar-refractivity contribution is 0.768. The molecule has 2 heteroatoms. The molecule has 15 aromatic carbocycles. The van der Waals surface area contributed by atoms with E-state index in [1.54, 1.807) is 0 Å². The lowest BCUT2D eigenvalue weighted by atomic mass is 9.67. The lowest BCUT2D eigenvalue weighted by Gasteiger charge is -2.35. The predicted molar refractivity (Wildman–Crippen MR) is 369 cm³/mol. The summed E-state index contributed by atoms with van der Waals surface area (Å²) in [5.41, 5.74) is 25.8. The Kier molecular flexibility index (Phi) is 11.9. The second-order valence-electron chi connectivity index (χ2n) is 24.0. The third-order valence-corrected chi connectivity index (χ3v) is 19.2. The standard InChI is InChI=1S/C86H60N2/c1-57-21-17-29-67(53-57)87(69-31-19-23-62(55-69)59-41-47-65(48-42-59)85(63-24-5-3-6-25-63)77-37-13-9-33-71(77)72-34-10-14-38-78(72)85)81-51-45-60-44-50-76-82(52-46-61-43-49-75(81)83(60)84(61)76)88(68-30-18-22-58(2)54-68)70-32-20-28-66(56-70)86(64-26-7-4-8-27-64)79-39-15-11-35-73(79)74-36-12-16-40-80(74)86/h3-56H,1-2H3. The molecule has 0 aliphatic heterocycles. The summed E-state index contributed by atoms with van der Waals surface area (Å²) in [5.74, 6) is 0. The van der Waals surface area contributed by atoms with Crippen LogP contribution in [0.15, 0.2) is 328 Å². The fourth-order valence-electron chi connectivity index (χ4n) is 15.6. The summed E-state index contributed by atoms with van der Waals surface area (Å²) in [5, 5.41) is 7.31. The van der Waals surface area contributed by atoms with Gasteiger partial charge < -0.3 is 9.80 Å². The van der Waals surface area contributed by atoms with Crippen molar-refractivity contribution in [3.8, 4) is 33.4 Å². The van der Waals surface area contributed by atoms with Crippen molar-refractivity contribution in [1.82, 2.24) is 0 Å². The minimum absolute atomic E-state index is 0.460. The summed E-state index contributed by atoms with van der Waals surface area (Å²) in [4.78, 5) is 4.97. The van der Waals surface area contributed by atoms with Crippen LogP contribution in [-0.4, -0.2) is 0 Å². The minimum atomic E-state index is -0.544. The van der Waals surface area contributed by atoms with Crippen LogP contribution in [0, 0.1) is 13.8 Å². The van der Waals surface area contributed by atoms with Crippen LogP contribution in [-0.2, 0) is 10.8 Å². The molecule has 0 N–H and O–H groups in total. The summed E-state index contributed by atoms with van der Waals surface area (Å²) in [7, 11) is 0. The van der Waals surface area contributed by atoms with Crippen molar-refractivity contribution in [3.63, 3.8) is 0 Å². The molecule has 2 aliphatic rings. The van der Waals surface area contributed by atoms with Crippen LogP contribution >= 0.6 is 0 Å². The molecule has 2 aliphatic carbocycles. The number of fused-ring (bicyclic) bond motifs is 6. The number of hydrogen-bond donors (Lipinski definition) is 0. The highest BCUT2D eigenvalue weighted by Crippen LogP contribution is 2.59. The quantitative estimate of drug-likeness (QED) is 0.119. The first-order valence-electron chi connectivity index (χ1n) is 30.7. The molecule has 88 heavy (non-hydrogen) atoms. The van der Waals surface area contributed by atoms with Gasteiger partial charge in [0.1, 0.15) is 0 Å². The molecule has 0 fully saturated rings. The van der Waals surface area contributed by atoms with Crippen LogP contribution in [0.25, 0.3) is 65.7 Å². The van der Waals surface area contributed by atoms with Crippen molar-refractivity contribution in [2.75, 3.05) is 9.80 Å². The molecular weight excluding hydrogens is 1060 g/mol. The molecule has 0 atom stereocenters. The van der Waals surface area contributed by atoms with Crippen LogP contribution in [0.1, 0.15) is 55.6 Å². The molecule has 0 saturated carbocycles. The van der Waals surface area contributed by atoms with Gasteiger partial charge in [0.25, 0.3) is 0 Å². The number of aryl methyl sites for hydroxylation is 2. The third-order valence-electron chi connectivity index (χ3n) is 19.2. The lowest BCUT2D eigenvalue weighted by Crippen LogP contribution is -2.28. The van der Waals surface area contributed by atoms with Crippen LogP contribution in [0.3, 0.4) is 0 Å². The van der Waals surface area contributed by atoms with Gasteiger partial charge >= 0.3 is 0 Å². The van der Waals surface area contributed by atoms with E-state index in [1.165, 1.54) is 110 Å². The SMILES string of the molecule is Cc1cccc(N(c2cccc(-c3ccc(C4(c5ccccc5)c5ccccc5-c5ccccc54)cc3)c2)c2ccc3ccc4c(N(c5cccc(C)c5)c5cccc(C6(c7ccccc7)c7ccccc7-c7ccccc76)c5)ccc5ccc2c3c54)c1. The average Bonchev–Trinajstić information content (AvgIpc) is 1.91. The molecule has 0 saturated heterocycles. The van der Waals surface area contributed by atoms with E-state index < -0.39 is 10.8 Å². The van der Waals surface area contributed by atoms with Gasteiger partial charge in [-0.25, -0.2) is 0 Å². The molecule has 0 unspecified atom stereocenters. The zero-order valence-electron chi connectivity index (χ0n) is 49.1. The summed E-state index contributed by atoms with van der Waals surface area (Å²) in [6.07, 6.45) is 0. The van der Waals surface area contributed by atoms with Crippen molar-refractivity contribution in [2.24, 2.45) is 0 Å². The van der Waals surface area contributed by atoms with Gasteiger partial charge in [-0.2, -0.15) is 0 Å². The van der Waals surface area contributed by atoms with Gasteiger partial charge in [0.15, 0.2) is 0 Å². The van der Waals surface area contributed by atoms with Crippen molar-refractivity contribution in [1.29, 1.82) is 0 Å². The molecule has 414 valence electrons. The molecular formula is C86H60N2. The van der Waals surface area contributed by atoms with E-state index in [2.05, 4.69) is 351 Å². The minimum Gasteiger partial charge on any atom is -0.310 e. The highest BCUT2D eigenvalue weighted by Gasteiger charge is 2.47. The van der Waals surface area contributed by atoms with Gasteiger partial charge in [0.05, 0.1) is 22.2 Å². The molecule has 0 amide bonds. The second kappa shape index (κ2) is 20.3. The van der Waals surface area contributed by atoms with Crippen LogP contribution < -0.4 is 9.80 Å². The smallest absolute Gasteiger partial charge is 0.0714 e. The number of benzene rings is 15. The van der Waals surface area contributed by atoms with E-state index in [0.717, 1.165) is 45.3 Å². The zero-order valence-corrected chi connectivity index (χ0v) is 49.1. The highest BCUT2D eigenvalue weighted by molar-refractivity contribution is 6.28. The molecule has 0 spiro atoms. The van der Waals surface area contributed by atoms with Gasteiger partial charge in [-0.15, -0.1) is 0 Å². The first-order valence-corrected chi connectivity index (χ1v) is 30.7. The van der Waals surface area contributed by atoms with Gasteiger partial charge in [-0.05, 0) is 185 Å². The Hall–Kier alpha value is -11.1. The third kappa shape index (κ3) is 7.68. The Morgan fingerprint density at radius 2 is 0.591 bits per heavy atom. The summed E-state index contributed by atoms with van der Waals surface area (Å²) in [6.45, 7) is 4.39. The van der Waals surface area contributed by atoms with E-state index >= 15 is 0 Å². The summed E-state index contributed by atoms with van der Waals surface area (Å²) < 4.78 is 0. The molecule has 2 nitrogen and oxygen atoms in total. The maximum atomic E-state index is 2.50. The van der Waals surface area contributed by atoms with E-state index in [4.69, 9.17) is 0 Å². The highest BCUT2D eigenvalue weighted by atomic mass is 15.2. The molecule has 0 bridgehead atoms. The Labute approximate surface area is 514 Å². The van der Waals surface area contributed by atoms with E-state index in [9.17, 15) is 0 Å².